The molecule has 4 heterocycles. The molecule has 1 aliphatic rings. The van der Waals surface area contributed by atoms with Gasteiger partial charge in [-0.05, 0) is 77.0 Å². The fourth-order valence-electron chi connectivity index (χ4n) is 5.67. The van der Waals surface area contributed by atoms with Gasteiger partial charge < -0.3 is 29.4 Å². The van der Waals surface area contributed by atoms with Gasteiger partial charge in [-0.3, -0.25) is 19.2 Å². The summed E-state index contributed by atoms with van der Waals surface area (Å²) in [5.41, 5.74) is 3.27. The number of para-hydroxylation sites is 2. The normalized spacial score (nSPS) is 13.2. The maximum Gasteiger partial charge on any atom is 0.412 e. The highest BCUT2D eigenvalue weighted by Gasteiger charge is 2.33. The van der Waals surface area contributed by atoms with Crippen LogP contribution in [0.2, 0.25) is 0 Å². The molecule has 3 aromatic heterocycles. The Hall–Kier alpha value is -6.62. The molecule has 1 unspecified atom stereocenters. The first kappa shape index (κ1) is 42.0. The molecule has 2 aromatic carbocycles. The molecule has 0 radical (unpaired) electrons. The van der Waals surface area contributed by atoms with E-state index in [1.807, 2.05) is 21.9 Å². The number of aliphatic carboxylic acids is 1. The molecule has 1 atom stereocenters. The highest BCUT2D eigenvalue weighted by atomic mass is 32.2. The van der Waals surface area contributed by atoms with Crippen LogP contribution in [0.3, 0.4) is 0 Å². The van der Waals surface area contributed by atoms with Crippen molar-refractivity contribution in [2.45, 2.75) is 69.6 Å². The molecule has 59 heavy (non-hydrogen) atoms. The van der Waals surface area contributed by atoms with Gasteiger partial charge in [0.05, 0.1) is 12.6 Å². The summed E-state index contributed by atoms with van der Waals surface area (Å²) in [5, 5.41) is 14.0. The molecule has 17 heteroatoms. The number of unbranched alkanes of at least 4 members (excludes halogenated alkanes) is 3. The lowest BCUT2D eigenvalue weighted by Crippen LogP contribution is -2.19. The maximum atomic E-state index is 12.8. The Balaban J connectivity index is 1.14. The fourth-order valence-corrected chi connectivity index (χ4v) is 7.12. The highest BCUT2D eigenvalue weighted by Crippen LogP contribution is 2.51. The molecule has 3 N–H and O–H groups in total. The number of benzene rings is 2. The molecule has 0 aliphatic carbocycles. The number of carbonyl (C=O) groups is 3. The van der Waals surface area contributed by atoms with E-state index in [9.17, 15) is 14.4 Å². The van der Waals surface area contributed by atoms with Crippen LogP contribution in [0.5, 0.6) is 23.1 Å². The van der Waals surface area contributed by atoms with E-state index in [4.69, 9.17) is 29.0 Å². The Morgan fingerprint density at radius 3 is 2.15 bits per heavy atom. The van der Waals surface area contributed by atoms with Crippen LogP contribution in [0.1, 0.15) is 64.9 Å². The van der Waals surface area contributed by atoms with Crippen molar-refractivity contribution in [3.05, 3.63) is 90.8 Å². The van der Waals surface area contributed by atoms with Gasteiger partial charge in [-0.1, -0.05) is 63.9 Å². The topological polar surface area (TPSA) is 200 Å². The van der Waals surface area contributed by atoms with Crippen molar-refractivity contribution in [3.63, 3.8) is 0 Å². The van der Waals surface area contributed by atoms with Crippen LogP contribution in [0, 0.1) is 0 Å². The van der Waals surface area contributed by atoms with Gasteiger partial charge in [0.2, 0.25) is 17.5 Å². The number of anilines is 3. The Morgan fingerprint density at radius 2 is 1.46 bits per heavy atom. The zero-order valence-corrected chi connectivity index (χ0v) is 34.0. The highest BCUT2D eigenvalue weighted by molar-refractivity contribution is 8.24. The molecule has 0 saturated heterocycles. The second-order valence-corrected chi connectivity index (χ2v) is 15.9. The number of aromatic nitrogens is 5. The minimum atomic E-state index is -0.826. The number of methoxy groups -OCH3 is 1. The van der Waals surface area contributed by atoms with Crippen molar-refractivity contribution in [3.8, 4) is 34.8 Å². The largest absolute Gasteiger partial charge is 0.493 e. The van der Waals surface area contributed by atoms with Crippen molar-refractivity contribution >= 4 is 51.6 Å². The number of carboxylic acids is 1. The van der Waals surface area contributed by atoms with Gasteiger partial charge in [0.25, 0.3) is 5.88 Å². The van der Waals surface area contributed by atoms with Crippen LogP contribution in [0.15, 0.2) is 90.1 Å². The van der Waals surface area contributed by atoms with E-state index in [-0.39, 0.29) is 72.3 Å². The van der Waals surface area contributed by atoms with Crippen molar-refractivity contribution < 1.29 is 38.4 Å². The lowest BCUT2D eigenvalue weighted by Gasteiger charge is -2.20. The first-order valence-electron chi connectivity index (χ1n) is 19.0. The summed E-state index contributed by atoms with van der Waals surface area (Å²) in [5.74, 6) is 1.40. The number of nitrogens with zero attached hydrogens (tertiary/aromatic N) is 6. The van der Waals surface area contributed by atoms with E-state index in [0.29, 0.717) is 30.2 Å². The molecule has 0 fully saturated rings. The summed E-state index contributed by atoms with van der Waals surface area (Å²) in [4.78, 5) is 59.5. The van der Waals surface area contributed by atoms with Crippen LogP contribution < -0.4 is 29.1 Å². The minimum Gasteiger partial charge on any atom is -0.493 e. The summed E-state index contributed by atoms with van der Waals surface area (Å²) < 4.78 is 25.6. The molecule has 1 aliphatic heterocycles. The first-order valence-corrected chi connectivity index (χ1v) is 20.3. The molecule has 0 saturated carbocycles. The van der Waals surface area contributed by atoms with Crippen LogP contribution >= 0.6 is 10.7 Å². The maximum absolute atomic E-state index is 12.8. The second-order valence-electron chi connectivity index (χ2n) is 14.2. The van der Waals surface area contributed by atoms with Gasteiger partial charge >= 0.3 is 12.1 Å². The number of nitrogens with one attached hydrogen (secondary N) is 2. The Labute approximate surface area is 344 Å². The lowest BCUT2D eigenvalue weighted by atomic mass is 9.87. The second kappa shape index (κ2) is 19.7. The summed E-state index contributed by atoms with van der Waals surface area (Å²) in [6, 6.07) is 22.2. The van der Waals surface area contributed by atoms with Gasteiger partial charge in [-0.2, -0.15) is 4.98 Å². The molecule has 16 nitrogen and oxygen atoms in total. The quantitative estimate of drug-likeness (QED) is 0.0531. The van der Waals surface area contributed by atoms with Crippen LogP contribution in [-0.4, -0.2) is 73.8 Å². The third-order valence-corrected chi connectivity index (χ3v) is 10.4. The molecule has 2 amide bonds. The van der Waals surface area contributed by atoms with Gasteiger partial charge in [0, 0.05) is 30.1 Å². The Bertz CT molecular complexity index is 2290. The summed E-state index contributed by atoms with van der Waals surface area (Å²) in [6.45, 7) is 6.22. The number of hydrogen-bond donors (Lipinski definition) is 3. The summed E-state index contributed by atoms with van der Waals surface area (Å²) in [7, 11) is 1.09. The van der Waals surface area contributed by atoms with Crippen molar-refractivity contribution in [2.24, 2.45) is 0 Å². The number of ether oxygens (including phenoxy) is 4. The van der Waals surface area contributed by atoms with Crippen molar-refractivity contribution in [1.82, 2.24) is 24.9 Å². The molecule has 5 aromatic rings. The van der Waals surface area contributed by atoms with Crippen LogP contribution in [-0.2, 0) is 19.7 Å². The van der Waals surface area contributed by atoms with E-state index >= 15 is 0 Å². The number of carboxylic acid groups (broad SMARTS) is 1. The summed E-state index contributed by atoms with van der Waals surface area (Å²) in [6.07, 6.45) is 5.44. The summed E-state index contributed by atoms with van der Waals surface area (Å²) >= 11 is 0. The van der Waals surface area contributed by atoms with Gasteiger partial charge in [-0.25, -0.2) is 24.7 Å². The predicted octanol–water partition coefficient (Wildman–Crippen LogP) is 8.24. The van der Waals surface area contributed by atoms with Gasteiger partial charge in [0.15, 0.2) is 23.1 Å². The number of amides is 2. The van der Waals surface area contributed by atoms with Crippen molar-refractivity contribution in [1.29, 1.82) is 0 Å². The number of carbonyl (C=O) groups excluding carboxylic acids is 2. The average molecular weight is 823 g/mol. The van der Waals surface area contributed by atoms with E-state index in [1.54, 1.807) is 55.9 Å². The first-order chi connectivity index (χ1) is 28.5. The van der Waals surface area contributed by atoms with E-state index in [1.165, 1.54) is 5.56 Å². The van der Waals surface area contributed by atoms with Gasteiger partial charge in [0.1, 0.15) is 24.8 Å². The number of pyridine rings is 1. The number of hydrogen-bond acceptors (Lipinski definition) is 13. The van der Waals surface area contributed by atoms with Crippen LogP contribution in [0.4, 0.5) is 22.2 Å². The third-order valence-electron chi connectivity index (χ3n) is 8.74. The molecular weight excluding hydrogens is 777 g/mol. The fraction of sp³-hybridized carbons (Fsp3) is 0.310. The monoisotopic (exact) mass is 822 g/mol. The van der Waals surface area contributed by atoms with Gasteiger partial charge in [-0.15, -0.1) is 0 Å². The van der Waals surface area contributed by atoms with E-state index in [2.05, 4.69) is 75.6 Å². The van der Waals surface area contributed by atoms with Crippen molar-refractivity contribution in [2.75, 3.05) is 35.3 Å². The standard InChI is InChI=1S/C42H46N8O8S/c1-42(2,3)28-19-21-29(22-20-28)59-27-50(59)39-36(58-31-14-10-9-13-30(31)55-4)40(49-38(48-39)37-43-23-12-24-44-37)56-25-26-57-41(54)47-33-16-11-15-32(45-33)46-34(51)17-7-5-6-8-18-35(52)53/h9-16,19-24,27H,5-8,17-18,25-26H2,1-4H3,(H,52,53)(H2,45,46,47,51,54). The average Bonchev–Trinajstić information content (AvgIpc) is 4.02. The zero-order chi connectivity index (χ0) is 41.8. The number of rotatable bonds is 19. The predicted molar refractivity (Wildman–Crippen MR) is 224 cm³/mol. The van der Waals surface area contributed by atoms with Crippen LogP contribution in [0.25, 0.3) is 11.6 Å². The third kappa shape index (κ3) is 12.0. The molecule has 308 valence electrons. The molecule has 0 bridgehead atoms. The molecule has 0 spiro atoms. The Morgan fingerprint density at radius 1 is 0.763 bits per heavy atom. The van der Waals surface area contributed by atoms with E-state index in [0.717, 1.165) is 17.7 Å². The molecular formula is C42H46N8O8S. The smallest absolute Gasteiger partial charge is 0.412 e. The SMILES string of the molecule is COc1ccccc1Oc1c(OCCOC(=O)Nc2cccc(NC(=O)CCCCCCC(=O)O)n2)nc(-c2ncccn2)nc1N1C=S1c1ccc(C(C)(C)C)cc1. The molecule has 6 rings (SSSR count). The Kier molecular flexibility index (Phi) is 14.0. The zero-order valence-electron chi connectivity index (χ0n) is 33.2. The lowest BCUT2D eigenvalue weighted by molar-refractivity contribution is -0.137. The van der Waals surface area contributed by atoms with E-state index < -0.39 is 22.7 Å². The minimum absolute atomic E-state index is 0.00776.